The molecule has 0 atom stereocenters. The highest BCUT2D eigenvalue weighted by Gasteiger charge is 2.40. The van der Waals surface area contributed by atoms with E-state index in [9.17, 15) is 18.0 Å². The van der Waals surface area contributed by atoms with Crippen molar-refractivity contribution in [3.8, 4) is 11.1 Å². The molecular formula is C16H13F3O2S2. The molecular weight excluding hydrogens is 345 g/mol. The van der Waals surface area contributed by atoms with E-state index in [1.165, 1.54) is 4.90 Å². The molecule has 0 aliphatic heterocycles. The van der Waals surface area contributed by atoms with Gasteiger partial charge in [-0.2, -0.15) is 13.2 Å². The smallest absolute Gasteiger partial charge is 0.448 e. The summed E-state index contributed by atoms with van der Waals surface area (Å²) in [6, 6.07) is 15.4. The zero-order chi connectivity index (χ0) is 16.9. The lowest BCUT2D eigenvalue weighted by Gasteiger charge is -2.08. The fraction of sp³-hybridized carbons (Fsp3) is 0.188. The van der Waals surface area contributed by atoms with Crippen molar-refractivity contribution in [1.29, 1.82) is 0 Å². The molecule has 0 saturated heterocycles. The van der Waals surface area contributed by atoms with E-state index in [4.69, 9.17) is 0 Å². The molecule has 0 bridgehead atoms. The first-order valence-corrected chi connectivity index (χ1v) is 8.72. The summed E-state index contributed by atoms with van der Waals surface area (Å²) in [7, 11) is 0. The van der Waals surface area contributed by atoms with Gasteiger partial charge in [0.2, 0.25) is 0 Å². The van der Waals surface area contributed by atoms with E-state index in [1.807, 2.05) is 42.7 Å². The standard InChI is InChI=1S/C16H13F3O2S2/c1-22-13-6-2-11(3-7-13)12-4-8-14(9-5-12)23-10-21-15(20)16(17,18)19/h2-9H,10H2,1H3. The number of esters is 1. The van der Waals surface area contributed by atoms with E-state index < -0.39 is 12.1 Å². The zero-order valence-corrected chi connectivity index (χ0v) is 13.7. The Hall–Kier alpha value is -1.60. The van der Waals surface area contributed by atoms with Crippen LogP contribution in [0.5, 0.6) is 0 Å². The van der Waals surface area contributed by atoms with E-state index in [0.717, 1.165) is 27.8 Å². The second kappa shape index (κ2) is 7.79. The van der Waals surface area contributed by atoms with Gasteiger partial charge in [0, 0.05) is 9.79 Å². The molecule has 122 valence electrons. The number of halogens is 3. The third-order valence-electron chi connectivity index (χ3n) is 2.92. The van der Waals surface area contributed by atoms with Crippen LogP contribution in [0.15, 0.2) is 58.3 Å². The van der Waals surface area contributed by atoms with Gasteiger partial charge in [0.15, 0.2) is 0 Å². The topological polar surface area (TPSA) is 26.3 Å². The molecule has 23 heavy (non-hydrogen) atoms. The molecule has 0 aliphatic rings. The van der Waals surface area contributed by atoms with Crippen molar-refractivity contribution in [3.05, 3.63) is 48.5 Å². The van der Waals surface area contributed by atoms with Crippen LogP contribution in [0.4, 0.5) is 13.2 Å². The van der Waals surface area contributed by atoms with Crippen molar-refractivity contribution in [2.45, 2.75) is 16.0 Å². The third kappa shape index (κ3) is 5.21. The maximum Gasteiger partial charge on any atom is 0.490 e. The monoisotopic (exact) mass is 358 g/mol. The molecule has 7 heteroatoms. The average Bonchev–Trinajstić information content (AvgIpc) is 2.54. The molecule has 2 rings (SSSR count). The molecule has 0 amide bonds. The lowest BCUT2D eigenvalue weighted by molar-refractivity contribution is -0.197. The molecule has 0 radical (unpaired) electrons. The number of hydrogen-bond acceptors (Lipinski definition) is 4. The summed E-state index contributed by atoms with van der Waals surface area (Å²) in [5, 5.41) is 0. The maximum absolute atomic E-state index is 12.0. The van der Waals surface area contributed by atoms with Gasteiger partial charge in [0.1, 0.15) is 5.94 Å². The quantitative estimate of drug-likeness (QED) is 0.415. The number of benzene rings is 2. The summed E-state index contributed by atoms with van der Waals surface area (Å²) in [6.45, 7) is 0. The van der Waals surface area contributed by atoms with E-state index >= 15 is 0 Å². The second-order valence-electron chi connectivity index (χ2n) is 4.44. The third-order valence-corrected chi connectivity index (χ3v) is 4.51. The SMILES string of the molecule is CSc1ccc(-c2ccc(SCOC(=O)C(F)(F)F)cc2)cc1. The molecule has 0 saturated carbocycles. The summed E-state index contributed by atoms with van der Waals surface area (Å²) in [6.07, 6.45) is -2.94. The normalized spacial score (nSPS) is 11.3. The first kappa shape index (κ1) is 17.7. The minimum absolute atomic E-state index is 0.375. The summed E-state index contributed by atoms with van der Waals surface area (Å²) >= 11 is 2.69. The van der Waals surface area contributed by atoms with Gasteiger partial charge >= 0.3 is 12.1 Å². The number of carbonyl (C=O) groups is 1. The molecule has 2 aromatic rings. The molecule has 0 spiro atoms. The van der Waals surface area contributed by atoms with Crippen LogP contribution in [-0.4, -0.2) is 24.3 Å². The van der Waals surface area contributed by atoms with Crippen molar-refractivity contribution >= 4 is 29.5 Å². The number of hydrogen-bond donors (Lipinski definition) is 0. The van der Waals surface area contributed by atoms with Gasteiger partial charge in [-0.25, -0.2) is 4.79 Å². The van der Waals surface area contributed by atoms with Crippen LogP contribution in [0.3, 0.4) is 0 Å². The van der Waals surface area contributed by atoms with Gasteiger partial charge in [-0.3, -0.25) is 0 Å². The van der Waals surface area contributed by atoms with E-state index in [-0.39, 0.29) is 5.94 Å². The van der Waals surface area contributed by atoms with Crippen molar-refractivity contribution in [2.24, 2.45) is 0 Å². The van der Waals surface area contributed by atoms with Gasteiger partial charge in [-0.15, -0.1) is 11.8 Å². The molecule has 0 aromatic heterocycles. The predicted molar refractivity (Wildman–Crippen MR) is 86.5 cm³/mol. The van der Waals surface area contributed by atoms with Crippen molar-refractivity contribution in [3.63, 3.8) is 0 Å². The van der Waals surface area contributed by atoms with Gasteiger partial charge < -0.3 is 4.74 Å². The van der Waals surface area contributed by atoms with Crippen molar-refractivity contribution in [2.75, 3.05) is 12.2 Å². The summed E-state index contributed by atoms with van der Waals surface area (Å²) in [4.78, 5) is 12.5. The van der Waals surface area contributed by atoms with Crippen LogP contribution >= 0.6 is 23.5 Å². The number of rotatable bonds is 5. The lowest BCUT2D eigenvalue weighted by atomic mass is 10.1. The van der Waals surface area contributed by atoms with Gasteiger partial charge in [-0.05, 0) is 41.6 Å². The Morgan fingerprint density at radius 2 is 1.43 bits per heavy atom. The highest BCUT2D eigenvalue weighted by atomic mass is 32.2. The summed E-state index contributed by atoms with van der Waals surface area (Å²) in [5.41, 5.74) is 2.07. The fourth-order valence-corrected chi connectivity index (χ4v) is 2.80. The minimum Gasteiger partial charge on any atom is -0.448 e. The Labute approximate surface area is 140 Å². The molecule has 2 aromatic carbocycles. The second-order valence-corrected chi connectivity index (χ2v) is 6.32. The van der Waals surface area contributed by atoms with Crippen LogP contribution in [0.1, 0.15) is 0 Å². The highest BCUT2D eigenvalue weighted by Crippen LogP contribution is 2.26. The number of carbonyl (C=O) groups excluding carboxylic acids is 1. The first-order valence-electron chi connectivity index (χ1n) is 6.51. The van der Waals surface area contributed by atoms with E-state index in [2.05, 4.69) is 4.74 Å². The number of thioether (sulfide) groups is 2. The first-order chi connectivity index (χ1) is 10.9. The number of alkyl halides is 3. The average molecular weight is 358 g/mol. The van der Waals surface area contributed by atoms with E-state index in [0.29, 0.717) is 0 Å². The number of ether oxygens (including phenoxy) is 1. The Balaban J connectivity index is 1.93. The highest BCUT2D eigenvalue weighted by molar-refractivity contribution is 7.99. The molecule has 0 heterocycles. The van der Waals surface area contributed by atoms with Gasteiger partial charge in [0.25, 0.3) is 0 Å². The summed E-state index contributed by atoms with van der Waals surface area (Å²) in [5.74, 6) is -2.55. The Morgan fingerprint density at radius 1 is 0.957 bits per heavy atom. The van der Waals surface area contributed by atoms with Crippen LogP contribution < -0.4 is 0 Å². The Bertz CT molecular complexity index is 653. The van der Waals surface area contributed by atoms with Crippen LogP contribution in [0, 0.1) is 0 Å². The minimum atomic E-state index is -4.95. The summed E-state index contributed by atoms with van der Waals surface area (Å²) < 4.78 is 40.1. The fourth-order valence-electron chi connectivity index (χ4n) is 1.76. The molecule has 0 fully saturated rings. The van der Waals surface area contributed by atoms with Crippen molar-refractivity contribution in [1.82, 2.24) is 0 Å². The molecule has 0 unspecified atom stereocenters. The zero-order valence-electron chi connectivity index (χ0n) is 12.1. The largest absolute Gasteiger partial charge is 0.490 e. The van der Waals surface area contributed by atoms with E-state index in [1.54, 1.807) is 23.9 Å². The molecule has 0 aliphatic carbocycles. The van der Waals surface area contributed by atoms with Crippen LogP contribution in [0.25, 0.3) is 11.1 Å². The van der Waals surface area contributed by atoms with Crippen molar-refractivity contribution < 1.29 is 22.7 Å². The van der Waals surface area contributed by atoms with Gasteiger partial charge in [0.05, 0.1) is 0 Å². The lowest BCUT2D eigenvalue weighted by Crippen LogP contribution is -2.25. The van der Waals surface area contributed by atoms with Crippen LogP contribution in [-0.2, 0) is 9.53 Å². The Morgan fingerprint density at radius 3 is 1.87 bits per heavy atom. The maximum atomic E-state index is 12.0. The van der Waals surface area contributed by atoms with Gasteiger partial charge in [-0.1, -0.05) is 36.0 Å². The Kier molecular flexibility index (Phi) is 6.01. The predicted octanol–water partition coefficient (Wildman–Crippen LogP) is 5.23. The molecule has 0 N–H and O–H groups in total. The van der Waals surface area contributed by atoms with Crippen LogP contribution in [0.2, 0.25) is 0 Å². The molecule has 2 nitrogen and oxygen atoms in total.